The number of halogens is 5. The molecule has 0 saturated carbocycles. The minimum Gasteiger partial charge on any atom is -1.00 e. The van der Waals surface area contributed by atoms with Crippen molar-refractivity contribution in [1.82, 2.24) is 4.57 Å². The molecule has 1 aromatic heterocycles. The third kappa shape index (κ3) is 4.18. The van der Waals surface area contributed by atoms with E-state index in [0.29, 0.717) is 12.5 Å². The Kier molecular flexibility index (Phi) is 6.46. The zero-order chi connectivity index (χ0) is 19.8. The van der Waals surface area contributed by atoms with E-state index in [2.05, 4.69) is 5.32 Å². The van der Waals surface area contributed by atoms with Gasteiger partial charge in [-0.3, -0.25) is 10.5 Å². The second-order valence-electron chi connectivity index (χ2n) is 5.92. The molecule has 0 spiro atoms. The molecule has 1 heterocycles. The van der Waals surface area contributed by atoms with E-state index in [9.17, 15) is 18.0 Å². The topological polar surface area (TPSA) is 63.9 Å². The molecule has 0 bridgehead atoms. The average molecular weight is 433 g/mol. The standard InChI is InChI=1S/C18H16ClF3N4O.ClH/c1-2-25-14-5-3-4-6-15(14)26(17(25)23)10-16(27)24-13-9-11(18(20,21)22)7-8-12(13)19;/h3-9,23H,2,10H2,1H3,(H,24,27);1H. The van der Waals surface area contributed by atoms with E-state index >= 15 is 0 Å². The van der Waals surface area contributed by atoms with Crippen LogP contribution in [0.1, 0.15) is 12.5 Å². The number of benzene rings is 2. The molecule has 10 heteroatoms. The molecule has 0 fully saturated rings. The van der Waals surface area contributed by atoms with E-state index in [-0.39, 0.29) is 29.7 Å². The molecule has 1 amide bonds. The maximum atomic E-state index is 12.9. The normalized spacial score (nSPS) is 11.3. The summed E-state index contributed by atoms with van der Waals surface area (Å²) in [4.78, 5) is 12.5. The van der Waals surface area contributed by atoms with Gasteiger partial charge in [-0.25, -0.2) is 9.13 Å². The second kappa shape index (κ2) is 8.28. The van der Waals surface area contributed by atoms with Crippen LogP contribution in [0.15, 0.2) is 42.5 Å². The Hall–Kier alpha value is -2.45. The smallest absolute Gasteiger partial charge is 0.416 e. The highest BCUT2D eigenvalue weighted by Gasteiger charge is 2.31. The van der Waals surface area contributed by atoms with Gasteiger partial charge >= 0.3 is 12.1 Å². The summed E-state index contributed by atoms with van der Waals surface area (Å²) in [5.74, 6) is -0.157. The van der Waals surface area contributed by atoms with Crippen LogP contribution in [0.25, 0.3) is 11.0 Å². The van der Waals surface area contributed by atoms with Crippen molar-refractivity contribution in [3.05, 3.63) is 53.1 Å². The van der Waals surface area contributed by atoms with E-state index in [1.54, 1.807) is 4.57 Å². The summed E-state index contributed by atoms with van der Waals surface area (Å²) in [5, 5.41) is 2.45. The van der Waals surface area contributed by atoms with Crippen LogP contribution < -0.4 is 28.0 Å². The fraction of sp³-hybridized carbons (Fsp3) is 0.222. The summed E-state index contributed by atoms with van der Waals surface area (Å²) in [6.45, 7) is 2.38. The number of alkyl halides is 3. The predicted molar refractivity (Wildman–Crippen MR) is 97.3 cm³/mol. The Labute approximate surface area is 170 Å². The quantitative estimate of drug-likeness (QED) is 0.600. The van der Waals surface area contributed by atoms with E-state index in [1.807, 2.05) is 35.8 Å². The highest BCUT2D eigenvalue weighted by Crippen LogP contribution is 2.33. The number of nitrogens with zero attached hydrogens (tertiary/aromatic N) is 2. The number of nitrogens with two attached hydrogens (primary N) is 1. The monoisotopic (exact) mass is 432 g/mol. The van der Waals surface area contributed by atoms with E-state index in [1.165, 1.54) is 0 Å². The maximum Gasteiger partial charge on any atom is 0.416 e. The van der Waals surface area contributed by atoms with Gasteiger partial charge in [-0.05, 0) is 37.3 Å². The van der Waals surface area contributed by atoms with Crippen molar-refractivity contribution >= 4 is 40.2 Å². The number of fused-ring (bicyclic) bond motifs is 1. The fourth-order valence-corrected chi connectivity index (χ4v) is 3.11. The first-order chi connectivity index (χ1) is 12.7. The molecule has 0 atom stereocenters. The van der Waals surface area contributed by atoms with Crippen molar-refractivity contribution in [3.63, 3.8) is 0 Å². The lowest BCUT2D eigenvalue weighted by Crippen LogP contribution is -3.00. The molecule has 0 saturated heterocycles. The number of hydrogen-bond donors (Lipinski definition) is 2. The lowest BCUT2D eigenvalue weighted by Gasteiger charge is -2.11. The first-order valence-electron chi connectivity index (χ1n) is 8.15. The van der Waals surface area contributed by atoms with Gasteiger partial charge in [0, 0.05) is 0 Å². The van der Waals surface area contributed by atoms with Crippen molar-refractivity contribution in [2.75, 3.05) is 11.1 Å². The molecule has 3 aromatic rings. The third-order valence-electron chi connectivity index (χ3n) is 4.20. The summed E-state index contributed by atoms with van der Waals surface area (Å²) in [6.07, 6.45) is -4.53. The van der Waals surface area contributed by atoms with Crippen molar-refractivity contribution in [1.29, 1.82) is 0 Å². The third-order valence-corrected chi connectivity index (χ3v) is 4.53. The highest BCUT2D eigenvalue weighted by atomic mass is 35.5. The van der Waals surface area contributed by atoms with Crippen LogP contribution in [0.3, 0.4) is 0 Å². The number of aryl methyl sites for hydroxylation is 1. The summed E-state index contributed by atoms with van der Waals surface area (Å²) in [6, 6.07) is 10.2. The maximum absolute atomic E-state index is 12.9. The number of nitrogen functional groups attached to an aromatic ring is 1. The minimum atomic E-state index is -4.53. The van der Waals surface area contributed by atoms with Gasteiger partial charge in [0.1, 0.15) is 11.0 Å². The molecule has 3 rings (SSSR count). The molecule has 0 aliphatic rings. The predicted octanol–water partition coefficient (Wildman–Crippen LogP) is 0.846. The summed E-state index contributed by atoms with van der Waals surface area (Å²) >= 11 is 5.93. The average Bonchev–Trinajstić information content (AvgIpc) is 2.87. The Bertz CT molecular complexity index is 1020. The number of amides is 1. The molecule has 3 N–H and O–H groups in total. The van der Waals surface area contributed by atoms with Gasteiger partial charge in [-0.1, -0.05) is 23.7 Å². The largest absolute Gasteiger partial charge is 1.00 e. The van der Waals surface area contributed by atoms with Crippen LogP contribution in [-0.4, -0.2) is 10.5 Å². The van der Waals surface area contributed by atoms with Crippen molar-refractivity contribution in [2.45, 2.75) is 26.2 Å². The lowest BCUT2D eigenvalue weighted by molar-refractivity contribution is -0.643. The highest BCUT2D eigenvalue weighted by molar-refractivity contribution is 6.33. The molecule has 5 nitrogen and oxygen atoms in total. The Morgan fingerprint density at radius 1 is 1.25 bits per heavy atom. The minimum absolute atomic E-state index is 0. The number of anilines is 2. The Balaban J connectivity index is 0.00000280. The number of rotatable bonds is 4. The lowest BCUT2D eigenvalue weighted by atomic mass is 10.2. The number of imidazole rings is 1. The summed E-state index contributed by atoms with van der Waals surface area (Å²) in [7, 11) is 0. The first kappa shape index (κ1) is 21.8. The van der Waals surface area contributed by atoms with Crippen molar-refractivity contribution in [3.8, 4) is 0 Å². The zero-order valence-electron chi connectivity index (χ0n) is 14.7. The van der Waals surface area contributed by atoms with Gasteiger partial charge < -0.3 is 17.7 Å². The number of para-hydroxylation sites is 2. The van der Waals surface area contributed by atoms with Crippen LogP contribution in [0.4, 0.5) is 24.8 Å². The zero-order valence-corrected chi connectivity index (χ0v) is 16.2. The van der Waals surface area contributed by atoms with Crippen molar-refractivity contribution in [2.24, 2.45) is 0 Å². The van der Waals surface area contributed by atoms with Gasteiger partial charge in [-0.15, -0.1) is 0 Å². The van der Waals surface area contributed by atoms with Crippen LogP contribution in [0.5, 0.6) is 0 Å². The van der Waals surface area contributed by atoms with Crippen LogP contribution in [0.2, 0.25) is 5.02 Å². The molecule has 0 aliphatic carbocycles. The van der Waals surface area contributed by atoms with Crippen LogP contribution in [0, 0.1) is 0 Å². The van der Waals surface area contributed by atoms with Crippen molar-refractivity contribution < 1.29 is 34.9 Å². The molecule has 0 aliphatic heterocycles. The number of hydrogen-bond acceptors (Lipinski definition) is 2. The van der Waals surface area contributed by atoms with Gasteiger partial charge in [0.2, 0.25) is 0 Å². The van der Waals surface area contributed by atoms with E-state index in [0.717, 1.165) is 29.2 Å². The summed E-state index contributed by atoms with van der Waals surface area (Å²) < 4.78 is 42.1. The molecule has 150 valence electrons. The van der Waals surface area contributed by atoms with Crippen LogP contribution >= 0.6 is 11.6 Å². The van der Waals surface area contributed by atoms with Gasteiger partial charge in [0.25, 0.3) is 5.91 Å². The van der Waals surface area contributed by atoms with Gasteiger partial charge in [0.15, 0.2) is 6.54 Å². The first-order valence-corrected chi connectivity index (χ1v) is 8.53. The summed E-state index contributed by atoms with van der Waals surface area (Å²) in [5.41, 5.74) is 6.77. The molecule has 0 unspecified atom stereocenters. The van der Waals surface area contributed by atoms with E-state index in [4.69, 9.17) is 17.3 Å². The van der Waals surface area contributed by atoms with Crippen LogP contribution in [-0.2, 0) is 24.1 Å². The van der Waals surface area contributed by atoms with Gasteiger partial charge in [-0.2, -0.15) is 13.2 Å². The molecular formula is C18H17Cl2F3N4O. The second-order valence-corrected chi connectivity index (χ2v) is 6.33. The molecular weight excluding hydrogens is 416 g/mol. The molecule has 0 radical (unpaired) electrons. The number of carbonyl (C=O) groups excluding carboxylic acids is 1. The molecule has 28 heavy (non-hydrogen) atoms. The fourth-order valence-electron chi connectivity index (χ4n) is 2.94. The van der Waals surface area contributed by atoms with Gasteiger partial charge in [0.05, 0.1) is 22.8 Å². The van der Waals surface area contributed by atoms with E-state index < -0.39 is 17.6 Å². The Morgan fingerprint density at radius 3 is 2.57 bits per heavy atom. The number of nitrogens with one attached hydrogen (secondary N) is 1. The SMILES string of the molecule is CCn1c(N)[n+](CC(=O)Nc2cc(C(F)(F)F)ccc2Cl)c2ccccc21.[Cl-]. The number of carbonyl (C=O) groups is 1. The molecule has 2 aromatic carbocycles. The Morgan fingerprint density at radius 2 is 1.93 bits per heavy atom. The number of aromatic nitrogens is 2.